The molecule has 0 radical (unpaired) electrons. The van der Waals surface area contributed by atoms with E-state index in [1.807, 2.05) is 12.1 Å². The molecule has 1 aliphatic rings. The largest absolute Gasteiger partial charge is 0.497 e. The van der Waals surface area contributed by atoms with Crippen LogP contribution in [0.15, 0.2) is 34.0 Å². The Balaban J connectivity index is 1.52. The van der Waals surface area contributed by atoms with Gasteiger partial charge in [-0.2, -0.15) is 0 Å². The van der Waals surface area contributed by atoms with Crippen molar-refractivity contribution in [1.29, 1.82) is 0 Å². The molecule has 1 aromatic carbocycles. The first-order valence-corrected chi connectivity index (χ1v) is 10.7. The third-order valence-electron chi connectivity index (χ3n) is 6.77. The molecule has 1 saturated heterocycles. The number of nitrogen functional groups attached to an aromatic ring is 1. The maximum atomic E-state index is 13.2. The number of nitrogens with one attached hydrogen (secondary N) is 1. The second-order valence-corrected chi connectivity index (χ2v) is 8.47. The first-order valence-electron chi connectivity index (χ1n) is 10.7. The molecule has 2 aromatic heterocycles. The van der Waals surface area contributed by atoms with Gasteiger partial charge >= 0.3 is 5.69 Å². The highest BCUT2D eigenvalue weighted by molar-refractivity contribution is 6.03. The van der Waals surface area contributed by atoms with Crippen LogP contribution in [0.5, 0.6) is 5.75 Å². The highest BCUT2D eigenvalue weighted by Crippen LogP contribution is 2.35. The SMILES string of the molecule is COc1ccc2[nH]cc(C3CCN(C(C)C(=O)c4c(N)n(C)c(=O)n(C)c4=O)CC3)c2c1. The fourth-order valence-corrected chi connectivity index (χ4v) is 4.65. The molecule has 4 rings (SSSR count). The normalized spacial score (nSPS) is 16.4. The number of nitrogens with zero attached hydrogens (tertiary/aromatic N) is 3. The van der Waals surface area contributed by atoms with Gasteiger partial charge in [-0.15, -0.1) is 0 Å². The summed E-state index contributed by atoms with van der Waals surface area (Å²) < 4.78 is 7.44. The van der Waals surface area contributed by atoms with Crippen LogP contribution in [0.1, 0.15) is 41.6 Å². The number of likely N-dealkylation sites (tertiary alicyclic amines) is 1. The van der Waals surface area contributed by atoms with E-state index in [0.717, 1.165) is 51.7 Å². The van der Waals surface area contributed by atoms with Crippen molar-refractivity contribution in [1.82, 2.24) is 19.0 Å². The molecule has 1 unspecified atom stereocenters. The summed E-state index contributed by atoms with van der Waals surface area (Å²) in [5, 5.41) is 1.16. The van der Waals surface area contributed by atoms with Gasteiger partial charge in [-0.25, -0.2) is 4.79 Å². The maximum absolute atomic E-state index is 13.2. The van der Waals surface area contributed by atoms with Crippen LogP contribution in [0.3, 0.4) is 0 Å². The first-order chi connectivity index (χ1) is 15.2. The van der Waals surface area contributed by atoms with E-state index in [4.69, 9.17) is 10.5 Å². The van der Waals surface area contributed by atoms with Gasteiger partial charge in [0.1, 0.15) is 17.1 Å². The molecule has 3 N–H and O–H groups in total. The van der Waals surface area contributed by atoms with Crippen molar-refractivity contribution < 1.29 is 9.53 Å². The Hall–Kier alpha value is -3.33. The number of nitrogens with two attached hydrogens (primary N) is 1. The van der Waals surface area contributed by atoms with Crippen LogP contribution in [-0.2, 0) is 14.1 Å². The van der Waals surface area contributed by atoms with Crippen molar-refractivity contribution in [3.63, 3.8) is 0 Å². The molecule has 0 bridgehead atoms. The van der Waals surface area contributed by atoms with E-state index in [1.54, 1.807) is 14.0 Å². The highest BCUT2D eigenvalue weighted by Gasteiger charge is 2.32. The number of hydrogen-bond acceptors (Lipinski definition) is 6. The molecule has 0 amide bonds. The van der Waals surface area contributed by atoms with E-state index in [-0.39, 0.29) is 17.2 Å². The number of benzene rings is 1. The average Bonchev–Trinajstić information content (AvgIpc) is 3.24. The molecular formula is C23H29N5O4. The summed E-state index contributed by atoms with van der Waals surface area (Å²) in [7, 11) is 4.47. The van der Waals surface area contributed by atoms with Crippen LogP contribution in [0, 0.1) is 0 Å². The molecule has 0 aliphatic carbocycles. The number of rotatable bonds is 5. The summed E-state index contributed by atoms with van der Waals surface area (Å²) in [5.74, 6) is 0.753. The monoisotopic (exact) mass is 439 g/mol. The molecule has 32 heavy (non-hydrogen) atoms. The predicted octanol–water partition coefficient (Wildman–Crippen LogP) is 1.61. The minimum atomic E-state index is -0.648. The van der Waals surface area contributed by atoms with Crippen molar-refractivity contribution in [2.45, 2.75) is 31.7 Å². The lowest BCUT2D eigenvalue weighted by Gasteiger charge is -2.35. The standard InChI is InChI=1S/C23H29N5O4/c1-13(20(29)19-21(24)26(2)23(31)27(3)22(19)30)28-9-7-14(8-10-28)17-12-25-18-6-5-15(32-4)11-16(17)18/h5-6,11-14,25H,7-10,24H2,1-4H3. The third-order valence-corrected chi connectivity index (χ3v) is 6.77. The Bertz CT molecular complexity index is 1290. The second-order valence-electron chi connectivity index (χ2n) is 8.47. The fourth-order valence-electron chi connectivity index (χ4n) is 4.65. The van der Waals surface area contributed by atoms with Crippen molar-refractivity contribution in [2.75, 3.05) is 25.9 Å². The number of ether oxygens (including phenoxy) is 1. The highest BCUT2D eigenvalue weighted by atomic mass is 16.5. The zero-order valence-electron chi connectivity index (χ0n) is 18.8. The van der Waals surface area contributed by atoms with Crippen molar-refractivity contribution in [2.24, 2.45) is 14.1 Å². The number of carbonyl (C=O) groups excluding carboxylic acids is 1. The Morgan fingerprint density at radius 1 is 1.19 bits per heavy atom. The van der Waals surface area contributed by atoms with Gasteiger partial charge in [0, 0.05) is 31.2 Å². The summed E-state index contributed by atoms with van der Waals surface area (Å²) in [6, 6.07) is 5.50. The van der Waals surface area contributed by atoms with Crippen molar-refractivity contribution in [3.05, 3.63) is 56.4 Å². The molecule has 3 aromatic rings. The van der Waals surface area contributed by atoms with Crippen LogP contribution in [0.2, 0.25) is 0 Å². The van der Waals surface area contributed by atoms with Crippen molar-refractivity contribution in [3.8, 4) is 5.75 Å². The van der Waals surface area contributed by atoms with Gasteiger partial charge in [-0.3, -0.25) is 23.6 Å². The Morgan fingerprint density at radius 3 is 2.53 bits per heavy atom. The molecule has 0 saturated carbocycles. The summed E-state index contributed by atoms with van der Waals surface area (Å²) >= 11 is 0. The van der Waals surface area contributed by atoms with Crippen LogP contribution < -0.4 is 21.7 Å². The lowest BCUT2D eigenvalue weighted by atomic mass is 9.88. The molecule has 3 heterocycles. The third kappa shape index (κ3) is 3.52. The Labute approximate surface area is 185 Å². The Kier molecular flexibility index (Phi) is 5.68. The van der Waals surface area contributed by atoms with E-state index in [0.29, 0.717) is 5.92 Å². The number of methoxy groups -OCH3 is 1. The molecule has 170 valence electrons. The number of fused-ring (bicyclic) bond motifs is 1. The summed E-state index contributed by atoms with van der Waals surface area (Å²) in [6.45, 7) is 3.24. The smallest absolute Gasteiger partial charge is 0.332 e. The summed E-state index contributed by atoms with van der Waals surface area (Å²) in [5.41, 5.74) is 7.00. The molecule has 9 nitrogen and oxygen atoms in total. The topological polar surface area (TPSA) is 115 Å². The number of piperidine rings is 1. The number of anilines is 1. The van der Waals surface area contributed by atoms with E-state index < -0.39 is 17.3 Å². The summed E-state index contributed by atoms with van der Waals surface area (Å²) in [4.78, 5) is 43.2. The van der Waals surface area contributed by atoms with Gasteiger partial charge in [-0.1, -0.05) is 0 Å². The van der Waals surface area contributed by atoms with E-state index in [9.17, 15) is 14.4 Å². The summed E-state index contributed by atoms with van der Waals surface area (Å²) in [6.07, 6.45) is 3.85. The van der Waals surface area contributed by atoms with Crippen LogP contribution in [-0.4, -0.2) is 51.0 Å². The van der Waals surface area contributed by atoms with E-state index >= 15 is 0 Å². The van der Waals surface area contributed by atoms with E-state index in [1.165, 1.54) is 19.7 Å². The average molecular weight is 440 g/mol. The fraction of sp³-hybridized carbons (Fsp3) is 0.435. The lowest BCUT2D eigenvalue weighted by Crippen LogP contribution is -2.48. The number of Topliss-reactive ketones (excluding diaryl/α,β-unsaturated/α-hetero) is 1. The molecule has 1 aliphatic heterocycles. The predicted molar refractivity (Wildman–Crippen MR) is 124 cm³/mol. The molecule has 1 fully saturated rings. The quantitative estimate of drug-likeness (QED) is 0.584. The zero-order chi connectivity index (χ0) is 23.2. The van der Waals surface area contributed by atoms with Gasteiger partial charge in [0.15, 0.2) is 5.78 Å². The number of carbonyl (C=O) groups is 1. The number of ketones is 1. The number of hydrogen-bond donors (Lipinski definition) is 2. The van der Waals surface area contributed by atoms with Gasteiger partial charge in [0.2, 0.25) is 0 Å². The molecule has 9 heteroatoms. The van der Waals surface area contributed by atoms with Gasteiger partial charge in [0.05, 0.1) is 13.2 Å². The van der Waals surface area contributed by atoms with Crippen LogP contribution in [0.4, 0.5) is 5.82 Å². The van der Waals surface area contributed by atoms with Gasteiger partial charge in [-0.05, 0) is 62.5 Å². The second kappa shape index (κ2) is 8.31. The minimum Gasteiger partial charge on any atom is -0.497 e. The van der Waals surface area contributed by atoms with Gasteiger partial charge < -0.3 is 15.5 Å². The first kappa shape index (κ1) is 21.9. The zero-order valence-corrected chi connectivity index (χ0v) is 18.8. The minimum absolute atomic E-state index is 0.0856. The van der Waals surface area contributed by atoms with Crippen molar-refractivity contribution >= 4 is 22.5 Å². The molecule has 0 spiro atoms. The Morgan fingerprint density at radius 2 is 1.88 bits per heavy atom. The van der Waals surface area contributed by atoms with E-state index in [2.05, 4.69) is 22.1 Å². The van der Waals surface area contributed by atoms with Gasteiger partial charge in [0.25, 0.3) is 5.56 Å². The molecule has 1 atom stereocenters. The van der Waals surface area contributed by atoms with Crippen LogP contribution in [0.25, 0.3) is 10.9 Å². The number of aromatic nitrogens is 3. The number of H-pyrrole nitrogens is 1. The maximum Gasteiger partial charge on any atom is 0.332 e. The lowest BCUT2D eigenvalue weighted by molar-refractivity contribution is 0.0795. The van der Waals surface area contributed by atoms with Crippen LogP contribution >= 0.6 is 0 Å². The number of aromatic amines is 1. The molecular weight excluding hydrogens is 410 g/mol.